The van der Waals surface area contributed by atoms with E-state index in [1.54, 1.807) is 6.92 Å². The molecule has 0 radical (unpaired) electrons. The lowest BCUT2D eigenvalue weighted by Gasteiger charge is -2.05. The van der Waals surface area contributed by atoms with Crippen molar-refractivity contribution in [1.29, 1.82) is 0 Å². The van der Waals surface area contributed by atoms with Crippen LogP contribution < -0.4 is 5.32 Å². The van der Waals surface area contributed by atoms with Gasteiger partial charge in [-0.1, -0.05) is 30.9 Å². The number of aromatic nitrogens is 2. The third kappa shape index (κ3) is 3.69. The van der Waals surface area contributed by atoms with Crippen LogP contribution in [0.25, 0.3) is 5.69 Å². The van der Waals surface area contributed by atoms with E-state index < -0.39 is 0 Å². The molecule has 4 heteroatoms. The zero-order valence-corrected chi connectivity index (χ0v) is 12.2. The van der Waals surface area contributed by atoms with Crippen LogP contribution in [-0.2, 0) is 17.8 Å². The Morgan fingerprint density at radius 2 is 2.10 bits per heavy atom. The molecular formula is C17H19N3O. The molecule has 0 fully saturated rings. The Bertz CT molecular complexity index is 656. The van der Waals surface area contributed by atoms with E-state index in [4.69, 9.17) is 0 Å². The van der Waals surface area contributed by atoms with Crippen molar-refractivity contribution in [3.8, 4) is 5.69 Å². The maximum absolute atomic E-state index is 11.5. The maximum atomic E-state index is 11.5. The van der Waals surface area contributed by atoms with E-state index in [1.807, 2.05) is 47.2 Å². The van der Waals surface area contributed by atoms with Gasteiger partial charge in [0.15, 0.2) is 0 Å². The number of nitrogens with zero attached hydrogens (tertiary/aromatic N) is 2. The Morgan fingerprint density at radius 3 is 2.71 bits per heavy atom. The first-order valence-electron chi connectivity index (χ1n) is 6.79. The third-order valence-electron chi connectivity index (χ3n) is 3.01. The highest BCUT2D eigenvalue weighted by Crippen LogP contribution is 2.13. The maximum Gasteiger partial charge on any atom is 0.246 e. The topological polar surface area (TPSA) is 46.9 Å². The van der Waals surface area contributed by atoms with Gasteiger partial charge in [0.25, 0.3) is 0 Å². The summed E-state index contributed by atoms with van der Waals surface area (Å²) in [6, 6.07) is 9.97. The molecule has 108 valence electrons. The molecule has 1 aromatic carbocycles. The normalized spacial score (nSPS) is 10.1. The molecule has 21 heavy (non-hydrogen) atoms. The Balaban J connectivity index is 2.23. The van der Waals surface area contributed by atoms with Crippen molar-refractivity contribution in [3.63, 3.8) is 0 Å². The number of benzene rings is 1. The van der Waals surface area contributed by atoms with Gasteiger partial charge in [-0.25, -0.2) is 4.98 Å². The molecule has 0 saturated carbocycles. The number of allylic oxidation sites excluding steroid dienone is 1. The Kier molecular flexibility index (Phi) is 4.72. The van der Waals surface area contributed by atoms with Gasteiger partial charge in [-0.05, 0) is 19.1 Å². The minimum atomic E-state index is -0.158. The van der Waals surface area contributed by atoms with Crippen LogP contribution in [0.4, 0.5) is 0 Å². The average Bonchev–Trinajstić information content (AvgIpc) is 2.89. The number of carbonyl (C=O) groups is 1. The molecule has 0 aliphatic heterocycles. The van der Waals surface area contributed by atoms with E-state index >= 15 is 0 Å². The zero-order chi connectivity index (χ0) is 15.2. The van der Waals surface area contributed by atoms with Crippen LogP contribution in [0.2, 0.25) is 0 Å². The van der Waals surface area contributed by atoms with E-state index in [2.05, 4.69) is 23.5 Å². The summed E-state index contributed by atoms with van der Waals surface area (Å²) < 4.78 is 2.02. The predicted molar refractivity (Wildman–Crippen MR) is 84.1 cm³/mol. The number of carbonyl (C=O) groups excluding carboxylic acids is 1. The van der Waals surface area contributed by atoms with E-state index in [9.17, 15) is 4.79 Å². The highest BCUT2D eigenvalue weighted by atomic mass is 16.1. The standard InChI is InChI=1S/C17H19N3O/c1-4-8-16-19-14(11-18-17(21)13(2)3)12-20(16)15-9-6-5-7-10-15/h4-7,9-10,12H,1-2,8,11H2,3H3,(H,18,21). The lowest BCUT2D eigenvalue weighted by Crippen LogP contribution is -2.23. The van der Waals surface area contributed by atoms with E-state index in [1.165, 1.54) is 0 Å². The molecule has 2 rings (SSSR count). The minimum absolute atomic E-state index is 0.158. The van der Waals surface area contributed by atoms with Crippen LogP contribution >= 0.6 is 0 Å². The largest absolute Gasteiger partial charge is 0.347 e. The van der Waals surface area contributed by atoms with Crippen LogP contribution in [0.3, 0.4) is 0 Å². The molecular weight excluding hydrogens is 262 g/mol. The van der Waals surface area contributed by atoms with Crippen LogP contribution in [0, 0.1) is 0 Å². The number of rotatable bonds is 6. The van der Waals surface area contributed by atoms with Crippen LogP contribution in [0.1, 0.15) is 18.4 Å². The van der Waals surface area contributed by atoms with Crippen molar-refractivity contribution in [2.24, 2.45) is 0 Å². The second kappa shape index (κ2) is 6.70. The molecule has 1 N–H and O–H groups in total. The molecule has 2 aromatic rings. The Morgan fingerprint density at radius 1 is 1.38 bits per heavy atom. The van der Waals surface area contributed by atoms with E-state index in [0.717, 1.165) is 17.2 Å². The van der Waals surface area contributed by atoms with Crippen molar-refractivity contribution < 1.29 is 4.79 Å². The molecule has 1 aromatic heterocycles. The number of nitrogens with one attached hydrogen (secondary N) is 1. The SMILES string of the molecule is C=CCc1nc(CNC(=O)C(=C)C)cn1-c1ccccc1. The molecule has 1 amide bonds. The highest BCUT2D eigenvalue weighted by Gasteiger charge is 2.09. The second-order valence-corrected chi connectivity index (χ2v) is 4.81. The first kappa shape index (κ1) is 14.8. The molecule has 0 unspecified atom stereocenters. The van der Waals surface area contributed by atoms with Crippen molar-refractivity contribution in [1.82, 2.24) is 14.9 Å². The second-order valence-electron chi connectivity index (χ2n) is 4.81. The first-order chi connectivity index (χ1) is 10.1. The van der Waals surface area contributed by atoms with Gasteiger partial charge in [-0.2, -0.15) is 0 Å². The van der Waals surface area contributed by atoms with Gasteiger partial charge in [-0.15, -0.1) is 6.58 Å². The molecule has 0 saturated heterocycles. The lowest BCUT2D eigenvalue weighted by atomic mass is 10.3. The zero-order valence-electron chi connectivity index (χ0n) is 12.2. The van der Waals surface area contributed by atoms with Crippen molar-refractivity contribution in [3.05, 3.63) is 72.9 Å². The molecule has 0 aliphatic carbocycles. The van der Waals surface area contributed by atoms with Gasteiger partial charge in [0.1, 0.15) is 5.82 Å². The summed E-state index contributed by atoms with van der Waals surface area (Å²) in [5.41, 5.74) is 2.34. The Hall–Kier alpha value is -2.62. The fraction of sp³-hybridized carbons (Fsp3) is 0.176. The van der Waals surface area contributed by atoms with Crippen molar-refractivity contribution in [2.45, 2.75) is 19.9 Å². The summed E-state index contributed by atoms with van der Waals surface area (Å²) in [5.74, 6) is 0.741. The first-order valence-corrected chi connectivity index (χ1v) is 6.79. The Labute approximate surface area is 124 Å². The minimum Gasteiger partial charge on any atom is -0.347 e. The van der Waals surface area contributed by atoms with Crippen LogP contribution in [0.5, 0.6) is 0 Å². The van der Waals surface area contributed by atoms with Gasteiger partial charge in [-0.3, -0.25) is 4.79 Å². The van der Waals surface area contributed by atoms with Gasteiger partial charge in [0.05, 0.1) is 12.2 Å². The fourth-order valence-electron chi connectivity index (χ4n) is 1.96. The number of para-hydroxylation sites is 1. The number of hydrogen-bond acceptors (Lipinski definition) is 2. The van der Waals surface area contributed by atoms with Gasteiger partial charge in [0, 0.05) is 23.9 Å². The summed E-state index contributed by atoms with van der Waals surface area (Å²) in [7, 11) is 0. The van der Waals surface area contributed by atoms with Gasteiger partial charge in [0.2, 0.25) is 5.91 Å². The van der Waals surface area contributed by atoms with Crippen molar-refractivity contribution in [2.75, 3.05) is 0 Å². The van der Waals surface area contributed by atoms with E-state index in [-0.39, 0.29) is 5.91 Å². The number of imidazole rings is 1. The molecule has 0 spiro atoms. The van der Waals surface area contributed by atoms with Gasteiger partial charge >= 0.3 is 0 Å². The lowest BCUT2D eigenvalue weighted by molar-refractivity contribution is -0.117. The highest BCUT2D eigenvalue weighted by molar-refractivity contribution is 5.91. The summed E-state index contributed by atoms with van der Waals surface area (Å²) in [6.45, 7) is 9.45. The third-order valence-corrected chi connectivity index (χ3v) is 3.01. The van der Waals surface area contributed by atoms with Crippen LogP contribution in [0.15, 0.2) is 61.3 Å². The molecule has 0 atom stereocenters. The van der Waals surface area contributed by atoms with E-state index in [0.29, 0.717) is 18.5 Å². The smallest absolute Gasteiger partial charge is 0.246 e. The molecule has 1 heterocycles. The summed E-state index contributed by atoms with van der Waals surface area (Å²) in [5, 5.41) is 2.79. The fourth-order valence-corrected chi connectivity index (χ4v) is 1.96. The monoisotopic (exact) mass is 281 g/mol. The predicted octanol–water partition coefficient (Wildman–Crippen LogP) is 2.79. The van der Waals surface area contributed by atoms with Gasteiger partial charge < -0.3 is 9.88 Å². The summed E-state index contributed by atoms with van der Waals surface area (Å²) >= 11 is 0. The molecule has 0 bridgehead atoms. The van der Waals surface area contributed by atoms with Crippen LogP contribution in [-0.4, -0.2) is 15.5 Å². The van der Waals surface area contributed by atoms with Crippen molar-refractivity contribution >= 4 is 5.91 Å². The molecule has 0 aliphatic rings. The average molecular weight is 281 g/mol. The summed E-state index contributed by atoms with van der Waals surface area (Å²) in [6.07, 6.45) is 4.42. The quantitative estimate of drug-likeness (QED) is 0.654. The number of amides is 1. The molecule has 4 nitrogen and oxygen atoms in total. The summed E-state index contributed by atoms with van der Waals surface area (Å²) in [4.78, 5) is 16.1. The number of hydrogen-bond donors (Lipinski definition) is 1.